The first kappa shape index (κ1) is 22.9. The van der Waals surface area contributed by atoms with Gasteiger partial charge in [-0.1, -0.05) is 18.9 Å². The van der Waals surface area contributed by atoms with E-state index in [0.29, 0.717) is 44.1 Å². The number of carbonyl (C=O) groups excluding carboxylic acids is 2. The van der Waals surface area contributed by atoms with Crippen LogP contribution in [0.1, 0.15) is 47.3 Å². The van der Waals surface area contributed by atoms with E-state index in [9.17, 15) is 18.0 Å². The van der Waals surface area contributed by atoms with Crippen LogP contribution in [0, 0.1) is 5.92 Å². The predicted molar refractivity (Wildman–Crippen MR) is 124 cm³/mol. The van der Waals surface area contributed by atoms with Crippen molar-refractivity contribution >= 4 is 33.2 Å². The summed E-state index contributed by atoms with van der Waals surface area (Å²) in [5.41, 5.74) is 0.452. The molecule has 1 saturated carbocycles. The van der Waals surface area contributed by atoms with Crippen molar-refractivity contribution in [2.75, 3.05) is 26.2 Å². The minimum Gasteiger partial charge on any atom is -0.339 e. The fourth-order valence-corrected chi connectivity index (χ4v) is 6.11. The molecule has 1 N–H and O–H groups in total. The lowest BCUT2D eigenvalue weighted by Crippen LogP contribution is -2.50. The highest BCUT2D eigenvalue weighted by molar-refractivity contribution is 7.89. The van der Waals surface area contributed by atoms with E-state index in [1.807, 2.05) is 22.4 Å². The van der Waals surface area contributed by atoms with Gasteiger partial charge in [-0.3, -0.25) is 9.59 Å². The number of thiophene rings is 1. The molecule has 9 heteroatoms. The van der Waals surface area contributed by atoms with Crippen LogP contribution in [0.15, 0.2) is 46.7 Å². The number of benzene rings is 1. The summed E-state index contributed by atoms with van der Waals surface area (Å²) in [7, 11) is -3.64. The molecule has 0 spiro atoms. The number of nitrogens with zero attached hydrogens (tertiary/aromatic N) is 2. The largest absolute Gasteiger partial charge is 0.339 e. The van der Waals surface area contributed by atoms with Gasteiger partial charge in [0.1, 0.15) is 0 Å². The van der Waals surface area contributed by atoms with Gasteiger partial charge in [-0.25, -0.2) is 13.1 Å². The van der Waals surface area contributed by atoms with Crippen LogP contribution in [-0.4, -0.2) is 56.2 Å². The van der Waals surface area contributed by atoms with Gasteiger partial charge in [0.15, 0.2) is 0 Å². The third kappa shape index (κ3) is 5.57. The van der Waals surface area contributed by atoms with Crippen molar-refractivity contribution in [1.82, 2.24) is 14.5 Å². The fraction of sp³-hybridized carbons (Fsp3) is 0.478. The lowest BCUT2D eigenvalue weighted by Gasteiger charge is -2.35. The Hall–Kier alpha value is -2.23. The summed E-state index contributed by atoms with van der Waals surface area (Å²) in [5, 5.41) is 1.90. The number of nitrogens with one attached hydrogen (secondary N) is 1. The Morgan fingerprint density at radius 1 is 0.969 bits per heavy atom. The monoisotopic (exact) mass is 475 g/mol. The maximum Gasteiger partial charge on any atom is 0.253 e. The molecule has 1 aromatic carbocycles. The first-order valence-corrected chi connectivity index (χ1v) is 13.5. The van der Waals surface area contributed by atoms with E-state index in [-0.39, 0.29) is 23.3 Å². The molecule has 1 saturated heterocycles. The van der Waals surface area contributed by atoms with Crippen molar-refractivity contribution < 1.29 is 18.0 Å². The van der Waals surface area contributed by atoms with Crippen LogP contribution in [0.5, 0.6) is 0 Å². The molecule has 32 heavy (non-hydrogen) atoms. The number of carbonyl (C=O) groups is 2. The molecule has 0 radical (unpaired) electrons. The second-order valence-corrected chi connectivity index (χ2v) is 11.3. The van der Waals surface area contributed by atoms with Gasteiger partial charge < -0.3 is 9.80 Å². The third-order valence-electron chi connectivity index (χ3n) is 6.29. The van der Waals surface area contributed by atoms with Gasteiger partial charge in [0, 0.05) is 49.6 Å². The highest BCUT2D eigenvalue weighted by Crippen LogP contribution is 2.28. The van der Waals surface area contributed by atoms with E-state index in [0.717, 1.165) is 17.7 Å². The SMILES string of the molecule is O=C(CC1CCCC1)N1CCN(C(=O)c2ccc(S(=O)(=O)NCc3cccs3)cc2)CC1. The van der Waals surface area contributed by atoms with E-state index >= 15 is 0 Å². The third-order valence-corrected chi connectivity index (χ3v) is 8.58. The molecule has 2 fully saturated rings. The summed E-state index contributed by atoms with van der Waals surface area (Å²) in [6.45, 7) is 2.34. The average Bonchev–Trinajstić information content (AvgIpc) is 3.52. The number of piperazine rings is 1. The van der Waals surface area contributed by atoms with Crippen molar-refractivity contribution in [3.05, 3.63) is 52.2 Å². The van der Waals surface area contributed by atoms with Gasteiger partial charge >= 0.3 is 0 Å². The van der Waals surface area contributed by atoms with Crippen molar-refractivity contribution in [1.29, 1.82) is 0 Å². The van der Waals surface area contributed by atoms with Crippen LogP contribution >= 0.6 is 11.3 Å². The van der Waals surface area contributed by atoms with Gasteiger partial charge in [-0.05, 0) is 54.5 Å². The predicted octanol–water partition coefficient (Wildman–Crippen LogP) is 3.09. The van der Waals surface area contributed by atoms with Gasteiger partial charge in [0.05, 0.1) is 4.90 Å². The molecule has 172 valence electrons. The van der Waals surface area contributed by atoms with E-state index in [2.05, 4.69) is 4.72 Å². The number of hydrogen-bond donors (Lipinski definition) is 1. The molecular weight excluding hydrogens is 446 g/mol. The number of hydrogen-bond acceptors (Lipinski definition) is 5. The summed E-state index contributed by atoms with van der Waals surface area (Å²) in [6.07, 6.45) is 5.39. The van der Waals surface area contributed by atoms with E-state index < -0.39 is 10.0 Å². The topological polar surface area (TPSA) is 86.8 Å². The van der Waals surface area contributed by atoms with E-state index in [1.54, 1.807) is 17.0 Å². The zero-order valence-corrected chi connectivity index (χ0v) is 19.7. The second kappa shape index (κ2) is 10.1. The van der Waals surface area contributed by atoms with Crippen LogP contribution in [0.25, 0.3) is 0 Å². The smallest absolute Gasteiger partial charge is 0.253 e. The van der Waals surface area contributed by atoms with Gasteiger partial charge in [0.25, 0.3) is 5.91 Å². The number of rotatable bonds is 7. The molecule has 2 heterocycles. The molecule has 2 amide bonds. The maximum atomic E-state index is 12.9. The van der Waals surface area contributed by atoms with Crippen LogP contribution in [0.4, 0.5) is 0 Å². The van der Waals surface area contributed by atoms with Crippen LogP contribution < -0.4 is 4.72 Å². The van der Waals surface area contributed by atoms with E-state index in [1.165, 1.54) is 36.3 Å². The Balaban J connectivity index is 1.29. The molecule has 1 aromatic heterocycles. The lowest BCUT2D eigenvalue weighted by atomic mass is 10.0. The molecular formula is C23H29N3O4S2. The fourth-order valence-electron chi connectivity index (χ4n) is 4.37. The molecule has 7 nitrogen and oxygen atoms in total. The van der Waals surface area contributed by atoms with Crippen LogP contribution in [0.3, 0.4) is 0 Å². The maximum absolute atomic E-state index is 12.9. The second-order valence-electron chi connectivity index (χ2n) is 8.46. The Morgan fingerprint density at radius 3 is 2.25 bits per heavy atom. The molecule has 0 unspecified atom stereocenters. The first-order chi connectivity index (χ1) is 15.4. The summed E-state index contributed by atoms with van der Waals surface area (Å²) >= 11 is 1.49. The summed E-state index contributed by atoms with van der Waals surface area (Å²) in [4.78, 5) is 30.0. The van der Waals surface area contributed by atoms with Gasteiger partial charge in [0.2, 0.25) is 15.9 Å². The van der Waals surface area contributed by atoms with Crippen molar-refractivity contribution in [2.45, 2.75) is 43.5 Å². The Labute approximate surface area is 193 Å². The molecule has 1 aliphatic carbocycles. The minimum atomic E-state index is -3.64. The van der Waals surface area contributed by atoms with Gasteiger partial charge in [-0.15, -0.1) is 11.3 Å². The van der Waals surface area contributed by atoms with Crippen LogP contribution in [0.2, 0.25) is 0 Å². The molecule has 0 atom stereocenters. The van der Waals surface area contributed by atoms with Crippen LogP contribution in [-0.2, 0) is 21.4 Å². The Bertz CT molecular complexity index is 1020. The first-order valence-electron chi connectivity index (χ1n) is 11.1. The van der Waals surface area contributed by atoms with Gasteiger partial charge in [-0.2, -0.15) is 0 Å². The van der Waals surface area contributed by atoms with Crippen molar-refractivity contribution in [3.8, 4) is 0 Å². The normalized spacial score (nSPS) is 17.6. The number of sulfonamides is 1. The van der Waals surface area contributed by atoms with Crippen molar-refractivity contribution in [3.63, 3.8) is 0 Å². The highest BCUT2D eigenvalue weighted by Gasteiger charge is 2.27. The molecule has 0 bridgehead atoms. The molecule has 4 rings (SSSR count). The molecule has 2 aromatic rings. The van der Waals surface area contributed by atoms with E-state index in [4.69, 9.17) is 0 Å². The minimum absolute atomic E-state index is 0.132. The quantitative estimate of drug-likeness (QED) is 0.667. The Morgan fingerprint density at radius 2 is 1.62 bits per heavy atom. The summed E-state index contributed by atoms with van der Waals surface area (Å²) in [6, 6.07) is 9.78. The molecule has 1 aliphatic heterocycles. The highest BCUT2D eigenvalue weighted by atomic mass is 32.2. The average molecular weight is 476 g/mol. The lowest BCUT2D eigenvalue weighted by molar-refractivity contribution is -0.133. The summed E-state index contributed by atoms with van der Waals surface area (Å²) < 4.78 is 27.6. The summed E-state index contributed by atoms with van der Waals surface area (Å²) in [5.74, 6) is 0.591. The Kier molecular flexibility index (Phi) is 7.27. The molecule has 2 aliphatic rings. The standard InChI is InChI=1S/C23H29N3O4S2/c27-22(16-18-4-1-2-5-18)25-11-13-26(14-12-25)23(28)19-7-9-21(10-8-19)32(29,30)24-17-20-6-3-15-31-20/h3,6-10,15,18,24H,1-2,4-5,11-14,16-17H2. The zero-order chi connectivity index (χ0) is 22.6. The zero-order valence-electron chi connectivity index (χ0n) is 18.0. The number of amides is 2. The van der Waals surface area contributed by atoms with Crippen molar-refractivity contribution in [2.24, 2.45) is 5.92 Å².